The first kappa shape index (κ1) is 15.1. The van der Waals surface area contributed by atoms with E-state index >= 15 is 0 Å². The van der Waals surface area contributed by atoms with Crippen LogP contribution in [0.1, 0.15) is 29.0 Å². The van der Waals surface area contributed by atoms with E-state index in [2.05, 4.69) is 0 Å². The summed E-state index contributed by atoms with van der Waals surface area (Å²) in [5.74, 6) is -1.21. The first-order chi connectivity index (χ1) is 9.99. The van der Waals surface area contributed by atoms with Crippen molar-refractivity contribution in [3.8, 4) is 0 Å². The lowest BCUT2D eigenvalue weighted by Crippen LogP contribution is -2.45. The van der Waals surface area contributed by atoms with E-state index < -0.39 is 11.9 Å². The lowest BCUT2D eigenvalue weighted by molar-refractivity contribution is -0.137. The topological polar surface area (TPSA) is 103 Å². The van der Waals surface area contributed by atoms with Gasteiger partial charge in [0.05, 0.1) is 12.2 Å². The molecule has 1 atom stereocenters. The molecule has 0 saturated carbocycles. The second-order valence-electron chi connectivity index (χ2n) is 5.05. The largest absolute Gasteiger partial charge is 0.469 e. The van der Waals surface area contributed by atoms with Gasteiger partial charge in [0.15, 0.2) is 6.61 Å². The third-order valence-corrected chi connectivity index (χ3v) is 3.58. The van der Waals surface area contributed by atoms with Crippen molar-refractivity contribution >= 4 is 17.8 Å². The van der Waals surface area contributed by atoms with Gasteiger partial charge in [-0.25, -0.2) is 4.79 Å². The van der Waals surface area contributed by atoms with E-state index in [1.54, 1.807) is 6.92 Å². The Morgan fingerprint density at radius 3 is 2.86 bits per heavy atom. The molecule has 0 aliphatic carbocycles. The van der Waals surface area contributed by atoms with Gasteiger partial charge < -0.3 is 19.8 Å². The Morgan fingerprint density at radius 2 is 2.24 bits per heavy atom. The van der Waals surface area contributed by atoms with Gasteiger partial charge in [-0.3, -0.25) is 9.59 Å². The standard InChI is InChI=1S/C14H18N2O5/c1-9-11(4-6-20-9)14(19)21-8-12(17)16-5-2-3-10(7-16)13(15)18/h4,6,10H,2-3,5,7-8H2,1H3,(H2,15,18)/t10-/m0/s1. The van der Waals surface area contributed by atoms with Gasteiger partial charge in [-0.1, -0.05) is 0 Å². The van der Waals surface area contributed by atoms with Crippen LogP contribution in [0.15, 0.2) is 16.7 Å². The van der Waals surface area contributed by atoms with E-state index in [4.69, 9.17) is 14.9 Å². The lowest BCUT2D eigenvalue weighted by atomic mass is 9.97. The van der Waals surface area contributed by atoms with E-state index in [0.29, 0.717) is 30.7 Å². The molecule has 0 unspecified atom stereocenters. The number of nitrogens with zero attached hydrogens (tertiary/aromatic N) is 1. The number of carbonyl (C=O) groups excluding carboxylic acids is 3. The Morgan fingerprint density at radius 1 is 1.48 bits per heavy atom. The summed E-state index contributed by atoms with van der Waals surface area (Å²) in [6.45, 7) is 2.12. The van der Waals surface area contributed by atoms with Gasteiger partial charge in [-0.15, -0.1) is 0 Å². The van der Waals surface area contributed by atoms with Crippen molar-refractivity contribution < 1.29 is 23.5 Å². The number of likely N-dealkylation sites (tertiary alicyclic amines) is 1. The SMILES string of the molecule is Cc1occc1C(=O)OCC(=O)N1CCC[C@H](C(N)=O)C1. The normalized spacial score (nSPS) is 18.3. The first-order valence-corrected chi connectivity index (χ1v) is 6.77. The van der Waals surface area contributed by atoms with Gasteiger partial charge in [0.1, 0.15) is 11.3 Å². The summed E-state index contributed by atoms with van der Waals surface area (Å²) in [5.41, 5.74) is 5.56. The number of esters is 1. The van der Waals surface area contributed by atoms with Crippen LogP contribution in [0, 0.1) is 12.8 Å². The number of piperidine rings is 1. The molecule has 0 aromatic carbocycles. The van der Waals surface area contributed by atoms with Crippen molar-refractivity contribution in [3.05, 3.63) is 23.7 Å². The molecule has 1 aliphatic rings. The monoisotopic (exact) mass is 294 g/mol. The Balaban J connectivity index is 1.86. The zero-order valence-electron chi connectivity index (χ0n) is 11.8. The molecule has 0 spiro atoms. The zero-order chi connectivity index (χ0) is 15.4. The van der Waals surface area contributed by atoms with Crippen LogP contribution in [0.25, 0.3) is 0 Å². The third-order valence-electron chi connectivity index (χ3n) is 3.58. The quantitative estimate of drug-likeness (QED) is 0.813. The highest BCUT2D eigenvalue weighted by molar-refractivity contribution is 5.92. The number of amides is 2. The fourth-order valence-corrected chi connectivity index (χ4v) is 2.33. The molecule has 1 aliphatic heterocycles. The molecule has 114 valence electrons. The van der Waals surface area contributed by atoms with E-state index in [9.17, 15) is 14.4 Å². The Hall–Kier alpha value is -2.31. The van der Waals surface area contributed by atoms with Gasteiger partial charge in [-0.05, 0) is 25.8 Å². The van der Waals surface area contributed by atoms with Crippen LogP contribution in [0.3, 0.4) is 0 Å². The van der Waals surface area contributed by atoms with Gasteiger partial charge in [-0.2, -0.15) is 0 Å². The molecular formula is C14H18N2O5. The number of aryl methyl sites for hydroxylation is 1. The summed E-state index contributed by atoms with van der Waals surface area (Å²) in [5, 5.41) is 0. The van der Waals surface area contributed by atoms with Crippen LogP contribution in [0.4, 0.5) is 0 Å². The zero-order valence-corrected chi connectivity index (χ0v) is 11.8. The number of rotatable bonds is 4. The minimum absolute atomic E-state index is 0.288. The van der Waals surface area contributed by atoms with Gasteiger partial charge in [0, 0.05) is 13.1 Å². The number of hydrogen-bond donors (Lipinski definition) is 1. The van der Waals surface area contributed by atoms with Crippen LogP contribution in [-0.4, -0.2) is 42.4 Å². The molecular weight excluding hydrogens is 276 g/mol. The fraction of sp³-hybridized carbons (Fsp3) is 0.500. The van der Waals surface area contributed by atoms with Crippen molar-refractivity contribution in [3.63, 3.8) is 0 Å². The maximum absolute atomic E-state index is 12.0. The number of ether oxygens (including phenoxy) is 1. The lowest BCUT2D eigenvalue weighted by Gasteiger charge is -2.31. The van der Waals surface area contributed by atoms with Gasteiger partial charge >= 0.3 is 5.97 Å². The van der Waals surface area contributed by atoms with Crippen molar-refractivity contribution in [1.29, 1.82) is 0 Å². The summed E-state index contributed by atoms with van der Waals surface area (Å²) in [7, 11) is 0. The van der Waals surface area contributed by atoms with Crippen molar-refractivity contribution in [2.24, 2.45) is 11.7 Å². The molecule has 2 rings (SSSR count). The number of primary amides is 1. The molecule has 0 radical (unpaired) electrons. The maximum atomic E-state index is 12.0. The number of carbonyl (C=O) groups is 3. The summed E-state index contributed by atoms with van der Waals surface area (Å²) in [6, 6.07) is 1.49. The molecule has 1 aromatic heterocycles. The van der Waals surface area contributed by atoms with Crippen LogP contribution < -0.4 is 5.73 Å². The number of nitrogens with two attached hydrogens (primary N) is 1. The highest BCUT2D eigenvalue weighted by Crippen LogP contribution is 2.16. The smallest absolute Gasteiger partial charge is 0.342 e. The number of hydrogen-bond acceptors (Lipinski definition) is 5. The Kier molecular flexibility index (Phi) is 4.62. The molecule has 7 heteroatoms. The van der Waals surface area contributed by atoms with E-state index in [1.807, 2.05) is 0 Å². The molecule has 7 nitrogen and oxygen atoms in total. The van der Waals surface area contributed by atoms with Crippen molar-refractivity contribution in [2.75, 3.05) is 19.7 Å². The summed E-state index contributed by atoms with van der Waals surface area (Å²) >= 11 is 0. The highest BCUT2D eigenvalue weighted by Gasteiger charge is 2.27. The molecule has 0 bridgehead atoms. The second kappa shape index (κ2) is 6.43. The van der Waals surface area contributed by atoms with Gasteiger partial charge in [0.2, 0.25) is 5.91 Å². The molecule has 1 aromatic rings. The molecule has 2 amide bonds. The molecule has 1 fully saturated rings. The first-order valence-electron chi connectivity index (χ1n) is 6.77. The predicted molar refractivity (Wildman–Crippen MR) is 72.2 cm³/mol. The number of furan rings is 1. The van der Waals surface area contributed by atoms with E-state index in [1.165, 1.54) is 17.2 Å². The van der Waals surface area contributed by atoms with E-state index in [-0.39, 0.29) is 25.0 Å². The maximum Gasteiger partial charge on any atom is 0.342 e. The van der Waals surface area contributed by atoms with Gasteiger partial charge in [0.25, 0.3) is 5.91 Å². The van der Waals surface area contributed by atoms with Crippen LogP contribution in [-0.2, 0) is 14.3 Å². The predicted octanol–water partition coefficient (Wildman–Crippen LogP) is 0.469. The minimum atomic E-state index is -0.599. The summed E-state index contributed by atoms with van der Waals surface area (Å²) < 4.78 is 9.97. The minimum Gasteiger partial charge on any atom is -0.469 e. The average Bonchev–Trinajstić information content (AvgIpc) is 2.90. The molecule has 2 N–H and O–H groups in total. The molecule has 2 heterocycles. The van der Waals surface area contributed by atoms with Crippen LogP contribution in [0.2, 0.25) is 0 Å². The summed E-state index contributed by atoms with van der Waals surface area (Å²) in [4.78, 5) is 36.4. The van der Waals surface area contributed by atoms with Crippen molar-refractivity contribution in [2.45, 2.75) is 19.8 Å². The Bertz CT molecular complexity index is 551. The molecule has 1 saturated heterocycles. The fourth-order valence-electron chi connectivity index (χ4n) is 2.33. The molecule has 21 heavy (non-hydrogen) atoms. The third kappa shape index (κ3) is 3.62. The van der Waals surface area contributed by atoms with Crippen LogP contribution >= 0.6 is 0 Å². The van der Waals surface area contributed by atoms with E-state index in [0.717, 1.165) is 0 Å². The van der Waals surface area contributed by atoms with Crippen molar-refractivity contribution in [1.82, 2.24) is 4.90 Å². The van der Waals surface area contributed by atoms with Crippen LogP contribution in [0.5, 0.6) is 0 Å². The Labute approximate surface area is 122 Å². The second-order valence-corrected chi connectivity index (χ2v) is 5.05. The average molecular weight is 294 g/mol. The highest BCUT2D eigenvalue weighted by atomic mass is 16.5. The summed E-state index contributed by atoms with van der Waals surface area (Å²) in [6.07, 6.45) is 2.79.